The lowest BCUT2D eigenvalue weighted by Gasteiger charge is -1.91. The summed E-state index contributed by atoms with van der Waals surface area (Å²) in [6, 6.07) is 4.39. The van der Waals surface area contributed by atoms with Crippen LogP contribution < -0.4 is 5.73 Å². The van der Waals surface area contributed by atoms with Crippen LogP contribution in [0.3, 0.4) is 0 Å². The SMILES string of the molecule is NC(=O)c1cn2c(F)cccc2n1. The molecule has 66 valence electrons. The summed E-state index contributed by atoms with van der Waals surface area (Å²) >= 11 is 0. The normalized spacial score (nSPS) is 10.5. The highest BCUT2D eigenvalue weighted by molar-refractivity contribution is 5.91. The van der Waals surface area contributed by atoms with E-state index in [1.807, 2.05) is 0 Å². The predicted octanol–water partition coefficient (Wildman–Crippen LogP) is 0.572. The smallest absolute Gasteiger partial charge is 0.268 e. The average molecular weight is 179 g/mol. The second-order valence-corrected chi connectivity index (χ2v) is 2.57. The Labute approximate surface area is 72.8 Å². The lowest BCUT2D eigenvalue weighted by Crippen LogP contribution is -2.10. The first-order valence-electron chi connectivity index (χ1n) is 3.62. The maximum Gasteiger partial charge on any atom is 0.268 e. The van der Waals surface area contributed by atoms with Crippen molar-refractivity contribution in [2.45, 2.75) is 0 Å². The van der Waals surface area contributed by atoms with Crippen molar-refractivity contribution >= 4 is 11.6 Å². The van der Waals surface area contributed by atoms with Gasteiger partial charge in [-0.2, -0.15) is 4.39 Å². The predicted molar refractivity (Wildman–Crippen MR) is 43.7 cm³/mol. The molecule has 2 heterocycles. The van der Waals surface area contributed by atoms with Gasteiger partial charge in [0.1, 0.15) is 11.3 Å². The Bertz CT molecular complexity index is 477. The summed E-state index contributed by atoms with van der Waals surface area (Å²) < 4.78 is 14.2. The average Bonchev–Trinajstić information content (AvgIpc) is 2.49. The molecule has 2 rings (SSSR count). The van der Waals surface area contributed by atoms with Gasteiger partial charge in [0.25, 0.3) is 5.91 Å². The molecule has 2 N–H and O–H groups in total. The maximum absolute atomic E-state index is 13.0. The number of fused-ring (bicyclic) bond motifs is 1. The van der Waals surface area contributed by atoms with Crippen LogP contribution in [0, 0.1) is 5.95 Å². The maximum atomic E-state index is 13.0. The Morgan fingerprint density at radius 3 is 2.92 bits per heavy atom. The van der Waals surface area contributed by atoms with Gasteiger partial charge < -0.3 is 5.73 Å². The zero-order valence-corrected chi connectivity index (χ0v) is 6.57. The lowest BCUT2D eigenvalue weighted by molar-refractivity contribution is 0.0996. The monoisotopic (exact) mass is 179 g/mol. The summed E-state index contributed by atoms with van der Waals surface area (Å²) in [7, 11) is 0. The van der Waals surface area contributed by atoms with Gasteiger partial charge in [0.2, 0.25) is 0 Å². The summed E-state index contributed by atoms with van der Waals surface area (Å²) in [6.45, 7) is 0. The first-order valence-corrected chi connectivity index (χ1v) is 3.62. The molecule has 0 saturated carbocycles. The Kier molecular flexibility index (Phi) is 1.51. The van der Waals surface area contributed by atoms with E-state index in [1.165, 1.54) is 22.7 Å². The highest BCUT2D eigenvalue weighted by Crippen LogP contribution is 2.06. The number of imidazole rings is 1. The number of carbonyl (C=O) groups is 1. The molecule has 0 bridgehead atoms. The zero-order chi connectivity index (χ0) is 9.42. The van der Waals surface area contributed by atoms with Gasteiger partial charge in [0.05, 0.1) is 0 Å². The van der Waals surface area contributed by atoms with Gasteiger partial charge >= 0.3 is 0 Å². The molecule has 0 radical (unpaired) electrons. The number of amides is 1. The van der Waals surface area contributed by atoms with Crippen molar-refractivity contribution in [2.24, 2.45) is 5.73 Å². The first kappa shape index (κ1) is 7.72. The number of aromatic nitrogens is 2. The molecule has 1 amide bonds. The summed E-state index contributed by atoms with van der Waals surface area (Å²) in [5.74, 6) is -1.14. The van der Waals surface area contributed by atoms with Gasteiger partial charge in [-0.3, -0.25) is 9.20 Å². The molecule has 4 nitrogen and oxygen atoms in total. The fourth-order valence-electron chi connectivity index (χ4n) is 1.10. The third-order valence-electron chi connectivity index (χ3n) is 1.69. The van der Waals surface area contributed by atoms with Gasteiger partial charge in [0.15, 0.2) is 5.95 Å². The van der Waals surface area contributed by atoms with Crippen LogP contribution in [0.2, 0.25) is 0 Å². The highest BCUT2D eigenvalue weighted by atomic mass is 19.1. The summed E-state index contributed by atoms with van der Waals surface area (Å²) in [5.41, 5.74) is 5.42. The minimum absolute atomic E-state index is 0.0603. The number of hydrogen-bond donors (Lipinski definition) is 1. The standard InChI is InChI=1S/C8H6FN3O/c9-6-2-1-3-7-11-5(8(10)13)4-12(6)7/h1-4H,(H2,10,13). The van der Waals surface area contributed by atoms with E-state index in [9.17, 15) is 9.18 Å². The third kappa shape index (κ3) is 1.14. The van der Waals surface area contributed by atoms with Crippen LogP contribution in [0.25, 0.3) is 5.65 Å². The van der Waals surface area contributed by atoms with Crippen molar-refractivity contribution in [3.05, 3.63) is 36.0 Å². The fraction of sp³-hybridized carbons (Fsp3) is 0. The molecule has 0 aliphatic carbocycles. The van der Waals surface area contributed by atoms with E-state index in [2.05, 4.69) is 4.98 Å². The molecule has 0 spiro atoms. The minimum Gasteiger partial charge on any atom is -0.364 e. The van der Waals surface area contributed by atoms with Crippen molar-refractivity contribution in [1.29, 1.82) is 0 Å². The minimum atomic E-state index is -0.664. The van der Waals surface area contributed by atoms with Crippen LogP contribution in [0.1, 0.15) is 10.5 Å². The molecule has 0 aromatic carbocycles. The van der Waals surface area contributed by atoms with Crippen molar-refractivity contribution in [3.8, 4) is 0 Å². The van der Waals surface area contributed by atoms with Gasteiger partial charge in [-0.05, 0) is 12.1 Å². The van der Waals surface area contributed by atoms with E-state index in [-0.39, 0.29) is 5.69 Å². The van der Waals surface area contributed by atoms with Gasteiger partial charge in [-0.15, -0.1) is 0 Å². The number of primary amides is 1. The van der Waals surface area contributed by atoms with E-state index in [0.717, 1.165) is 0 Å². The molecule has 0 aliphatic heterocycles. The van der Waals surface area contributed by atoms with Crippen molar-refractivity contribution in [3.63, 3.8) is 0 Å². The molecule has 13 heavy (non-hydrogen) atoms. The molecular formula is C8H6FN3O. The Hall–Kier alpha value is -1.91. The largest absolute Gasteiger partial charge is 0.364 e. The van der Waals surface area contributed by atoms with Crippen molar-refractivity contribution in [2.75, 3.05) is 0 Å². The van der Waals surface area contributed by atoms with Crippen LogP contribution in [-0.4, -0.2) is 15.3 Å². The zero-order valence-electron chi connectivity index (χ0n) is 6.57. The van der Waals surface area contributed by atoms with Crippen LogP contribution in [-0.2, 0) is 0 Å². The second kappa shape index (κ2) is 2.55. The van der Waals surface area contributed by atoms with Crippen LogP contribution in [0.5, 0.6) is 0 Å². The molecular weight excluding hydrogens is 173 g/mol. The molecule has 0 atom stereocenters. The van der Waals surface area contributed by atoms with Crippen LogP contribution in [0.15, 0.2) is 24.4 Å². The van der Waals surface area contributed by atoms with Crippen LogP contribution in [0.4, 0.5) is 4.39 Å². The van der Waals surface area contributed by atoms with E-state index < -0.39 is 11.9 Å². The number of halogens is 1. The van der Waals surface area contributed by atoms with E-state index in [4.69, 9.17) is 5.73 Å². The fourth-order valence-corrected chi connectivity index (χ4v) is 1.10. The lowest BCUT2D eigenvalue weighted by atomic mass is 10.5. The quantitative estimate of drug-likeness (QED) is 0.650. The number of carbonyl (C=O) groups excluding carboxylic acids is 1. The number of nitrogens with zero attached hydrogens (tertiary/aromatic N) is 2. The van der Waals surface area contributed by atoms with E-state index in [1.54, 1.807) is 6.07 Å². The van der Waals surface area contributed by atoms with Crippen molar-refractivity contribution < 1.29 is 9.18 Å². The Balaban J connectivity index is 2.75. The van der Waals surface area contributed by atoms with Crippen LogP contribution >= 0.6 is 0 Å². The number of hydrogen-bond acceptors (Lipinski definition) is 2. The topological polar surface area (TPSA) is 60.4 Å². The summed E-state index contributed by atoms with van der Waals surface area (Å²) in [5, 5.41) is 0. The highest BCUT2D eigenvalue weighted by Gasteiger charge is 2.07. The van der Waals surface area contributed by atoms with Crippen molar-refractivity contribution in [1.82, 2.24) is 9.38 Å². The molecule has 0 fully saturated rings. The van der Waals surface area contributed by atoms with Gasteiger partial charge in [-0.25, -0.2) is 4.98 Å². The van der Waals surface area contributed by atoms with E-state index in [0.29, 0.717) is 5.65 Å². The molecule has 2 aromatic heterocycles. The molecule has 2 aromatic rings. The van der Waals surface area contributed by atoms with E-state index >= 15 is 0 Å². The molecule has 5 heteroatoms. The third-order valence-corrected chi connectivity index (χ3v) is 1.69. The van der Waals surface area contributed by atoms with Gasteiger partial charge in [-0.1, -0.05) is 6.07 Å². The number of rotatable bonds is 1. The Morgan fingerprint density at radius 1 is 1.54 bits per heavy atom. The molecule has 0 saturated heterocycles. The van der Waals surface area contributed by atoms with Gasteiger partial charge in [0, 0.05) is 6.20 Å². The molecule has 0 aliphatic rings. The first-order chi connectivity index (χ1) is 6.18. The summed E-state index contributed by atoms with van der Waals surface area (Å²) in [4.78, 5) is 14.5. The summed E-state index contributed by atoms with van der Waals surface area (Å²) in [6.07, 6.45) is 1.27. The number of pyridine rings is 1. The molecule has 0 unspecified atom stereocenters. The Morgan fingerprint density at radius 2 is 2.31 bits per heavy atom. The number of nitrogens with two attached hydrogens (primary N) is 1. The second-order valence-electron chi connectivity index (χ2n) is 2.57.